The third kappa shape index (κ3) is 2.26. The molecule has 2 aromatic rings. The van der Waals surface area contributed by atoms with Gasteiger partial charge in [-0.2, -0.15) is 0 Å². The summed E-state index contributed by atoms with van der Waals surface area (Å²) in [4.78, 5) is 6.54. The van der Waals surface area contributed by atoms with E-state index in [1.165, 1.54) is 18.4 Å². The second-order valence-corrected chi connectivity index (χ2v) is 4.93. The highest BCUT2D eigenvalue weighted by Crippen LogP contribution is 2.29. The van der Waals surface area contributed by atoms with E-state index in [2.05, 4.69) is 40.2 Å². The van der Waals surface area contributed by atoms with Crippen molar-refractivity contribution in [3.05, 3.63) is 47.9 Å². The monoisotopic (exact) mass is 242 g/mol. The molecule has 3 rings (SSSR count). The molecule has 2 heterocycles. The van der Waals surface area contributed by atoms with Crippen molar-refractivity contribution in [2.45, 2.75) is 25.7 Å². The topological polar surface area (TPSA) is 29.3 Å². The minimum atomic E-state index is 0.679. The van der Waals surface area contributed by atoms with E-state index in [9.17, 15) is 0 Å². The number of rotatable bonds is 2. The van der Waals surface area contributed by atoms with Gasteiger partial charge in [-0.25, -0.2) is 4.98 Å². The zero-order valence-corrected chi connectivity index (χ0v) is 10.7. The highest BCUT2D eigenvalue weighted by Gasteiger charge is 2.22. The Morgan fingerprint density at radius 3 is 2.50 bits per heavy atom. The Kier molecular flexibility index (Phi) is 3.05. The van der Waals surface area contributed by atoms with Gasteiger partial charge in [0.2, 0.25) is 0 Å². The second-order valence-electron chi connectivity index (χ2n) is 4.93. The predicted octanol–water partition coefficient (Wildman–Crippen LogP) is 3.37. The fourth-order valence-electron chi connectivity index (χ4n) is 2.62. The molecule has 1 aliphatic rings. The zero-order chi connectivity index (χ0) is 12.4. The molecule has 0 atom stereocenters. The lowest BCUT2D eigenvalue weighted by molar-refractivity contribution is 0.450. The van der Waals surface area contributed by atoms with Crippen LogP contribution in [0.2, 0.25) is 0 Å². The van der Waals surface area contributed by atoms with Gasteiger partial charge in [-0.05, 0) is 31.2 Å². The van der Waals surface area contributed by atoms with Crippen molar-refractivity contribution in [2.75, 3.05) is 18.0 Å². The molecular formula is C15H18N2O. The summed E-state index contributed by atoms with van der Waals surface area (Å²) in [5.41, 5.74) is 1.46. The Balaban J connectivity index is 1.65. The third-order valence-electron chi connectivity index (χ3n) is 3.65. The first kappa shape index (κ1) is 11.3. The molecule has 1 fully saturated rings. The van der Waals surface area contributed by atoms with Gasteiger partial charge in [-0.1, -0.05) is 30.3 Å². The van der Waals surface area contributed by atoms with Gasteiger partial charge >= 0.3 is 0 Å². The molecule has 0 bridgehead atoms. The number of piperidine rings is 1. The van der Waals surface area contributed by atoms with Crippen LogP contribution in [-0.4, -0.2) is 18.1 Å². The van der Waals surface area contributed by atoms with Crippen molar-refractivity contribution < 1.29 is 4.42 Å². The molecule has 18 heavy (non-hydrogen) atoms. The second kappa shape index (κ2) is 4.84. The first-order valence-corrected chi connectivity index (χ1v) is 6.55. The standard InChI is InChI=1S/C15H18N2O/c1-12-11-16-15(18-12)17-9-7-14(8-10-17)13-5-3-2-4-6-13/h2-6,11,14H,7-10H2,1H3. The molecule has 1 aromatic heterocycles. The highest BCUT2D eigenvalue weighted by atomic mass is 16.4. The van der Waals surface area contributed by atoms with Crippen LogP contribution < -0.4 is 4.90 Å². The summed E-state index contributed by atoms with van der Waals surface area (Å²) >= 11 is 0. The van der Waals surface area contributed by atoms with E-state index in [1.54, 1.807) is 6.20 Å². The highest BCUT2D eigenvalue weighted by molar-refractivity contribution is 5.29. The zero-order valence-electron chi connectivity index (χ0n) is 10.7. The van der Waals surface area contributed by atoms with Crippen LogP contribution in [0.4, 0.5) is 6.01 Å². The fourth-order valence-corrected chi connectivity index (χ4v) is 2.62. The van der Waals surface area contributed by atoms with Gasteiger partial charge in [0.15, 0.2) is 0 Å². The van der Waals surface area contributed by atoms with Gasteiger partial charge in [0.1, 0.15) is 5.76 Å². The van der Waals surface area contributed by atoms with Gasteiger partial charge in [0.05, 0.1) is 6.20 Å². The normalized spacial score (nSPS) is 17.1. The summed E-state index contributed by atoms with van der Waals surface area (Å²) in [5.74, 6) is 1.56. The Morgan fingerprint density at radius 1 is 1.17 bits per heavy atom. The number of oxazole rings is 1. The number of aromatic nitrogens is 1. The van der Waals surface area contributed by atoms with Crippen molar-refractivity contribution in [2.24, 2.45) is 0 Å². The molecule has 3 nitrogen and oxygen atoms in total. The van der Waals surface area contributed by atoms with E-state index in [0.29, 0.717) is 5.92 Å². The molecule has 1 aromatic carbocycles. The maximum Gasteiger partial charge on any atom is 0.297 e. The first-order chi connectivity index (χ1) is 8.83. The summed E-state index contributed by atoms with van der Waals surface area (Å²) in [6.45, 7) is 3.99. The van der Waals surface area contributed by atoms with E-state index in [0.717, 1.165) is 24.9 Å². The molecule has 94 valence electrons. The van der Waals surface area contributed by atoms with Crippen LogP contribution in [0.5, 0.6) is 0 Å². The average molecular weight is 242 g/mol. The molecule has 0 amide bonds. The fraction of sp³-hybridized carbons (Fsp3) is 0.400. The number of hydrogen-bond donors (Lipinski definition) is 0. The molecule has 0 N–H and O–H groups in total. The lowest BCUT2D eigenvalue weighted by atomic mass is 9.90. The van der Waals surface area contributed by atoms with Crippen LogP contribution in [0.25, 0.3) is 0 Å². The van der Waals surface area contributed by atoms with E-state index in [-0.39, 0.29) is 0 Å². The number of benzene rings is 1. The van der Waals surface area contributed by atoms with Crippen LogP contribution >= 0.6 is 0 Å². The Hall–Kier alpha value is -1.77. The average Bonchev–Trinajstić information content (AvgIpc) is 2.87. The number of aryl methyl sites for hydroxylation is 1. The van der Waals surface area contributed by atoms with Crippen LogP contribution in [0, 0.1) is 6.92 Å². The minimum absolute atomic E-state index is 0.679. The lowest BCUT2D eigenvalue weighted by Gasteiger charge is -2.31. The summed E-state index contributed by atoms with van der Waals surface area (Å²) in [6.07, 6.45) is 4.13. The van der Waals surface area contributed by atoms with Gasteiger partial charge in [-0.3, -0.25) is 0 Å². The smallest absolute Gasteiger partial charge is 0.297 e. The quantitative estimate of drug-likeness (QED) is 0.808. The van der Waals surface area contributed by atoms with Gasteiger partial charge in [0, 0.05) is 13.1 Å². The number of hydrogen-bond acceptors (Lipinski definition) is 3. The number of nitrogens with zero attached hydrogens (tertiary/aromatic N) is 2. The van der Waals surface area contributed by atoms with Gasteiger partial charge in [-0.15, -0.1) is 0 Å². The molecule has 3 heteroatoms. The maximum atomic E-state index is 5.58. The molecule has 0 aliphatic carbocycles. The minimum Gasteiger partial charge on any atom is -0.429 e. The molecule has 1 aliphatic heterocycles. The summed E-state index contributed by atoms with van der Waals surface area (Å²) in [7, 11) is 0. The summed E-state index contributed by atoms with van der Waals surface area (Å²) in [6, 6.07) is 11.6. The van der Waals surface area contributed by atoms with Crippen molar-refractivity contribution in [3.8, 4) is 0 Å². The third-order valence-corrected chi connectivity index (χ3v) is 3.65. The number of anilines is 1. The van der Waals surface area contributed by atoms with Crippen molar-refractivity contribution in [1.29, 1.82) is 0 Å². The first-order valence-electron chi connectivity index (χ1n) is 6.55. The van der Waals surface area contributed by atoms with Crippen LogP contribution in [0.3, 0.4) is 0 Å². The Morgan fingerprint density at radius 2 is 1.89 bits per heavy atom. The van der Waals surface area contributed by atoms with Crippen LogP contribution in [-0.2, 0) is 0 Å². The van der Waals surface area contributed by atoms with E-state index in [1.807, 2.05) is 6.92 Å². The lowest BCUT2D eigenvalue weighted by Crippen LogP contribution is -2.33. The Labute approximate surface area is 107 Å². The van der Waals surface area contributed by atoms with E-state index in [4.69, 9.17) is 4.42 Å². The van der Waals surface area contributed by atoms with Crippen molar-refractivity contribution >= 4 is 6.01 Å². The maximum absolute atomic E-state index is 5.58. The predicted molar refractivity (Wildman–Crippen MR) is 71.9 cm³/mol. The molecule has 0 unspecified atom stereocenters. The molecule has 1 saturated heterocycles. The van der Waals surface area contributed by atoms with Gasteiger partial charge in [0.25, 0.3) is 6.01 Å². The van der Waals surface area contributed by atoms with Crippen molar-refractivity contribution in [3.63, 3.8) is 0 Å². The Bertz CT molecular complexity index is 498. The van der Waals surface area contributed by atoms with E-state index >= 15 is 0 Å². The largest absolute Gasteiger partial charge is 0.429 e. The van der Waals surface area contributed by atoms with Gasteiger partial charge < -0.3 is 9.32 Å². The summed E-state index contributed by atoms with van der Waals surface area (Å²) in [5, 5.41) is 0. The molecule has 0 radical (unpaired) electrons. The summed E-state index contributed by atoms with van der Waals surface area (Å²) < 4.78 is 5.58. The molecular weight excluding hydrogens is 224 g/mol. The van der Waals surface area contributed by atoms with Crippen LogP contribution in [0.1, 0.15) is 30.1 Å². The van der Waals surface area contributed by atoms with Crippen LogP contribution in [0.15, 0.2) is 40.9 Å². The SMILES string of the molecule is Cc1cnc(N2CCC(c3ccccc3)CC2)o1. The molecule has 0 saturated carbocycles. The van der Waals surface area contributed by atoms with E-state index < -0.39 is 0 Å². The molecule has 0 spiro atoms. The van der Waals surface area contributed by atoms with Crippen molar-refractivity contribution in [1.82, 2.24) is 4.98 Å².